The van der Waals surface area contributed by atoms with Gasteiger partial charge < -0.3 is 5.32 Å². The third-order valence-corrected chi connectivity index (χ3v) is 4.42. The molecule has 2 rings (SSSR count). The molecule has 20 heavy (non-hydrogen) atoms. The van der Waals surface area contributed by atoms with Crippen molar-refractivity contribution in [3.8, 4) is 0 Å². The van der Waals surface area contributed by atoms with Crippen molar-refractivity contribution in [2.75, 3.05) is 5.32 Å². The molecule has 1 heteroatoms. The third kappa shape index (κ3) is 4.26. The first-order chi connectivity index (χ1) is 9.30. The molecule has 1 aliphatic carbocycles. The van der Waals surface area contributed by atoms with Crippen LogP contribution in [0.1, 0.15) is 65.9 Å². The van der Waals surface area contributed by atoms with E-state index in [-0.39, 0.29) is 0 Å². The highest BCUT2D eigenvalue weighted by Crippen LogP contribution is 2.46. The number of aryl methyl sites for hydroxylation is 1. The van der Waals surface area contributed by atoms with Crippen LogP contribution in [0, 0.1) is 10.8 Å². The highest BCUT2D eigenvalue weighted by molar-refractivity contribution is 5.45. The zero-order chi connectivity index (χ0) is 14.8. The maximum Gasteiger partial charge on any atom is 0.0342 e. The lowest BCUT2D eigenvalue weighted by atomic mass is 9.63. The summed E-state index contributed by atoms with van der Waals surface area (Å²) in [5.41, 5.74) is 3.62. The minimum atomic E-state index is 0.446. The van der Waals surface area contributed by atoms with Crippen molar-refractivity contribution in [3.63, 3.8) is 0 Å². The van der Waals surface area contributed by atoms with Crippen LogP contribution in [-0.4, -0.2) is 6.04 Å². The Bertz CT molecular complexity index is 412. The molecule has 0 saturated heterocycles. The Morgan fingerprint density at radius 2 is 1.55 bits per heavy atom. The number of hydrogen-bond donors (Lipinski definition) is 1. The smallest absolute Gasteiger partial charge is 0.0342 e. The van der Waals surface area contributed by atoms with Gasteiger partial charge in [0.25, 0.3) is 0 Å². The molecule has 1 fully saturated rings. The van der Waals surface area contributed by atoms with Gasteiger partial charge in [0.15, 0.2) is 0 Å². The van der Waals surface area contributed by atoms with Gasteiger partial charge in [0.2, 0.25) is 0 Å². The number of anilines is 1. The van der Waals surface area contributed by atoms with Crippen LogP contribution < -0.4 is 5.32 Å². The normalized spacial score (nSPS) is 21.6. The predicted octanol–water partition coefficient (Wildman–Crippen LogP) is 5.66. The Hall–Kier alpha value is -0.980. The molecule has 1 aromatic rings. The van der Waals surface area contributed by atoms with Crippen LogP contribution >= 0.6 is 0 Å². The van der Waals surface area contributed by atoms with E-state index in [1.165, 1.54) is 43.4 Å². The summed E-state index contributed by atoms with van der Waals surface area (Å²) in [6.07, 6.45) is 6.27. The quantitative estimate of drug-likeness (QED) is 0.746. The first-order valence-corrected chi connectivity index (χ1v) is 8.15. The van der Waals surface area contributed by atoms with Gasteiger partial charge in [-0.2, -0.15) is 0 Å². The second kappa shape index (κ2) is 5.79. The Kier molecular flexibility index (Phi) is 4.46. The highest BCUT2D eigenvalue weighted by Gasteiger charge is 2.38. The number of rotatable bonds is 4. The SMILES string of the molecule is CCCc1ccc(NC2CC(C)(C)CC(C)(C)C2)cc1. The molecule has 0 unspecified atom stereocenters. The Labute approximate surface area is 125 Å². The van der Waals surface area contributed by atoms with Crippen LogP contribution in [0.5, 0.6) is 0 Å². The second-order valence-electron chi connectivity index (χ2n) is 8.20. The van der Waals surface area contributed by atoms with E-state index in [1.807, 2.05) is 0 Å². The molecular formula is C19H31N. The van der Waals surface area contributed by atoms with Gasteiger partial charge >= 0.3 is 0 Å². The molecule has 0 heterocycles. The molecule has 1 nitrogen and oxygen atoms in total. The van der Waals surface area contributed by atoms with E-state index < -0.39 is 0 Å². The summed E-state index contributed by atoms with van der Waals surface area (Å²) in [4.78, 5) is 0. The van der Waals surface area contributed by atoms with Crippen LogP contribution in [0.4, 0.5) is 5.69 Å². The Balaban J connectivity index is 2.01. The minimum absolute atomic E-state index is 0.446. The lowest BCUT2D eigenvalue weighted by molar-refractivity contribution is 0.105. The fraction of sp³-hybridized carbons (Fsp3) is 0.684. The van der Waals surface area contributed by atoms with Gasteiger partial charge in [-0.25, -0.2) is 0 Å². The second-order valence-corrected chi connectivity index (χ2v) is 8.20. The van der Waals surface area contributed by atoms with Crippen LogP contribution in [0.15, 0.2) is 24.3 Å². The van der Waals surface area contributed by atoms with Crippen LogP contribution in [0.3, 0.4) is 0 Å². The van der Waals surface area contributed by atoms with E-state index in [0.717, 1.165) is 0 Å². The van der Waals surface area contributed by atoms with E-state index in [9.17, 15) is 0 Å². The summed E-state index contributed by atoms with van der Waals surface area (Å²) in [6.45, 7) is 11.9. The van der Waals surface area contributed by atoms with Gasteiger partial charge in [0, 0.05) is 11.7 Å². The fourth-order valence-corrected chi connectivity index (χ4v) is 4.24. The lowest BCUT2D eigenvalue weighted by Gasteiger charge is -2.45. The van der Waals surface area contributed by atoms with E-state index >= 15 is 0 Å². The summed E-state index contributed by atoms with van der Waals surface area (Å²) in [6, 6.07) is 9.64. The third-order valence-electron chi connectivity index (χ3n) is 4.42. The molecule has 112 valence electrons. The molecule has 0 bridgehead atoms. The van der Waals surface area contributed by atoms with Crippen molar-refractivity contribution in [3.05, 3.63) is 29.8 Å². The standard InChI is InChI=1S/C19H31N/c1-6-7-15-8-10-16(11-9-15)20-17-12-18(2,3)14-19(4,5)13-17/h8-11,17,20H,6-7,12-14H2,1-5H3. The summed E-state index contributed by atoms with van der Waals surface area (Å²) in [5.74, 6) is 0. The highest BCUT2D eigenvalue weighted by atomic mass is 14.9. The van der Waals surface area contributed by atoms with Crippen LogP contribution in [0.2, 0.25) is 0 Å². The molecule has 1 saturated carbocycles. The van der Waals surface area contributed by atoms with E-state index in [4.69, 9.17) is 0 Å². The van der Waals surface area contributed by atoms with E-state index in [2.05, 4.69) is 64.2 Å². The summed E-state index contributed by atoms with van der Waals surface area (Å²) in [7, 11) is 0. The van der Waals surface area contributed by atoms with Crippen LogP contribution in [-0.2, 0) is 6.42 Å². The van der Waals surface area contributed by atoms with Gasteiger partial charge in [-0.1, -0.05) is 53.2 Å². The predicted molar refractivity (Wildman–Crippen MR) is 89.3 cm³/mol. The lowest BCUT2D eigenvalue weighted by Crippen LogP contribution is -2.40. The summed E-state index contributed by atoms with van der Waals surface area (Å²) >= 11 is 0. The Morgan fingerprint density at radius 1 is 1.00 bits per heavy atom. The summed E-state index contributed by atoms with van der Waals surface area (Å²) in [5, 5.41) is 3.76. The molecule has 1 aliphatic rings. The molecule has 0 aromatic heterocycles. The van der Waals surface area contributed by atoms with Gasteiger partial charge in [-0.3, -0.25) is 0 Å². The zero-order valence-corrected chi connectivity index (χ0v) is 13.9. The fourth-order valence-electron chi connectivity index (χ4n) is 4.24. The monoisotopic (exact) mass is 273 g/mol. The number of nitrogens with one attached hydrogen (secondary N) is 1. The summed E-state index contributed by atoms with van der Waals surface area (Å²) < 4.78 is 0. The van der Waals surface area contributed by atoms with Crippen molar-refractivity contribution in [1.29, 1.82) is 0 Å². The number of benzene rings is 1. The molecule has 0 radical (unpaired) electrons. The van der Waals surface area contributed by atoms with E-state index in [0.29, 0.717) is 16.9 Å². The molecule has 1 N–H and O–H groups in total. The van der Waals surface area contributed by atoms with Gasteiger partial charge in [-0.15, -0.1) is 0 Å². The maximum absolute atomic E-state index is 3.76. The largest absolute Gasteiger partial charge is 0.382 e. The topological polar surface area (TPSA) is 12.0 Å². The van der Waals surface area contributed by atoms with Gasteiger partial charge in [0.05, 0.1) is 0 Å². The molecule has 1 aromatic carbocycles. The minimum Gasteiger partial charge on any atom is -0.382 e. The average molecular weight is 273 g/mol. The van der Waals surface area contributed by atoms with Crippen molar-refractivity contribution >= 4 is 5.69 Å². The molecule has 0 atom stereocenters. The van der Waals surface area contributed by atoms with Crippen molar-refractivity contribution < 1.29 is 0 Å². The zero-order valence-electron chi connectivity index (χ0n) is 13.9. The first-order valence-electron chi connectivity index (χ1n) is 8.15. The van der Waals surface area contributed by atoms with Gasteiger partial charge in [0.1, 0.15) is 0 Å². The van der Waals surface area contributed by atoms with E-state index in [1.54, 1.807) is 0 Å². The first kappa shape index (κ1) is 15.4. The molecular weight excluding hydrogens is 242 g/mol. The molecule has 0 amide bonds. The maximum atomic E-state index is 3.76. The average Bonchev–Trinajstić information content (AvgIpc) is 2.28. The van der Waals surface area contributed by atoms with Crippen molar-refractivity contribution in [1.82, 2.24) is 0 Å². The van der Waals surface area contributed by atoms with Crippen molar-refractivity contribution in [2.24, 2.45) is 10.8 Å². The number of hydrogen-bond acceptors (Lipinski definition) is 1. The molecule has 0 spiro atoms. The Morgan fingerprint density at radius 3 is 2.05 bits per heavy atom. The van der Waals surface area contributed by atoms with Crippen LogP contribution in [0.25, 0.3) is 0 Å². The molecule has 0 aliphatic heterocycles. The van der Waals surface area contributed by atoms with Crippen molar-refractivity contribution in [2.45, 2.75) is 72.8 Å². The van der Waals surface area contributed by atoms with Gasteiger partial charge in [-0.05, 0) is 54.2 Å².